The molecule has 0 unspecified atom stereocenters. The molecule has 17 heavy (non-hydrogen) atoms. The van der Waals surface area contributed by atoms with Gasteiger partial charge in [0.15, 0.2) is 11.5 Å². The highest BCUT2D eigenvalue weighted by molar-refractivity contribution is 5.82. The van der Waals surface area contributed by atoms with Crippen LogP contribution >= 0.6 is 0 Å². The molecule has 0 spiro atoms. The molecule has 1 aromatic rings. The highest BCUT2D eigenvalue weighted by atomic mass is 16.5. The summed E-state index contributed by atoms with van der Waals surface area (Å²) in [6.07, 6.45) is 0.339. The first-order chi connectivity index (χ1) is 8.21. The molecule has 0 fully saturated rings. The summed E-state index contributed by atoms with van der Waals surface area (Å²) in [6.45, 7) is 0.456. The molecule has 5 heteroatoms. The zero-order valence-electron chi connectivity index (χ0n) is 10.1. The molecule has 1 amide bonds. The Morgan fingerprint density at radius 2 is 1.82 bits per heavy atom. The average Bonchev–Trinajstić information content (AvgIpc) is 2.35. The van der Waals surface area contributed by atoms with E-state index >= 15 is 0 Å². The van der Waals surface area contributed by atoms with Crippen molar-refractivity contribution in [3.63, 3.8) is 0 Å². The Hall–Kier alpha value is -1.91. The summed E-state index contributed by atoms with van der Waals surface area (Å²) < 4.78 is 15.9. The molecule has 0 aliphatic carbocycles. The van der Waals surface area contributed by atoms with E-state index < -0.39 is 0 Å². The van der Waals surface area contributed by atoms with Crippen molar-refractivity contribution in [1.82, 2.24) is 5.32 Å². The van der Waals surface area contributed by atoms with Gasteiger partial charge in [0.2, 0.25) is 11.7 Å². The Bertz CT molecular complexity index is 456. The van der Waals surface area contributed by atoms with Crippen LogP contribution in [0, 0.1) is 0 Å². The molecule has 1 aliphatic heterocycles. The van der Waals surface area contributed by atoms with Gasteiger partial charge in [-0.05, 0) is 11.6 Å². The monoisotopic (exact) mass is 237 g/mol. The van der Waals surface area contributed by atoms with E-state index in [1.165, 1.54) is 0 Å². The van der Waals surface area contributed by atoms with Crippen molar-refractivity contribution >= 4 is 5.91 Å². The lowest BCUT2D eigenvalue weighted by molar-refractivity contribution is -0.121. The summed E-state index contributed by atoms with van der Waals surface area (Å²) in [5.41, 5.74) is 1.87. The Morgan fingerprint density at radius 3 is 2.41 bits per heavy atom. The summed E-state index contributed by atoms with van der Waals surface area (Å²) in [5.74, 6) is 1.77. The van der Waals surface area contributed by atoms with Crippen molar-refractivity contribution in [2.45, 2.75) is 13.0 Å². The van der Waals surface area contributed by atoms with Crippen LogP contribution in [-0.2, 0) is 17.8 Å². The molecule has 0 bridgehead atoms. The third-order valence-electron chi connectivity index (χ3n) is 2.84. The predicted molar refractivity (Wildman–Crippen MR) is 61.6 cm³/mol. The number of amides is 1. The smallest absolute Gasteiger partial charge is 0.224 e. The van der Waals surface area contributed by atoms with Crippen molar-refractivity contribution < 1.29 is 19.0 Å². The molecule has 0 atom stereocenters. The van der Waals surface area contributed by atoms with Crippen LogP contribution < -0.4 is 19.5 Å². The van der Waals surface area contributed by atoms with Gasteiger partial charge in [0.05, 0.1) is 27.8 Å². The first kappa shape index (κ1) is 11.6. The Morgan fingerprint density at radius 1 is 1.12 bits per heavy atom. The van der Waals surface area contributed by atoms with Gasteiger partial charge < -0.3 is 19.5 Å². The van der Waals surface area contributed by atoms with Gasteiger partial charge in [0.1, 0.15) is 0 Å². The van der Waals surface area contributed by atoms with Crippen molar-refractivity contribution in [1.29, 1.82) is 0 Å². The molecule has 0 radical (unpaired) electrons. The van der Waals surface area contributed by atoms with Gasteiger partial charge in [0.25, 0.3) is 0 Å². The number of nitrogens with one attached hydrogen (secondary N) is 1. The largest absolute Gasteiger partial charge is 0.493 e. The van der Waals surface area contributed by atoms with E-state index in [-0.39, 0.29) is 5.91 Å². The van der Waals surface area contributed by atoms with E-state index in [2.05, 4.69) is 5.32 Å². The Labute approximate surface area is 99.7 Å². The number of benzene rings is 1. The Balaban J connectivity index is 2.61. The van der Waals surface area contributed by atoms with Crippen LogP contribution in [-0.4, -0.2) is 27.2 Å². The highest BCUT2D eigenvalue weighted by Gasteiger charge is 2.24. The van der Waals surface area contributed by atoms with Crippen LogP contribution in [0.4, 0.5) is 0 Å². The molecule has 92 valence electrons. The number of hydrogen-bond acceptors (Lipinski definition) is 4. The summed E-state index contributed by atoms with van der Waals surface area (Å²) in [6, 6.07) is 1.83. The van der Waals surface area contributed by atoms with E-state index in [9.17, 15) is 4.79 Å². The lowest BCUT2D eigenvalue weighted by Gasteiger charge is -2.22. The van der Waals surface area contributed by atoms with E-state index in [4.69, 9.17) is 14.2 Å². The zero-order valence-corrected chi connectivity index (χ0v) is 10.1. The maximum atomic E-state index is 11.4. The van der Waals surface area contributed by atoms with Gasteiger partial charge in [-0.2, -0.15) is 0 Å². The van der Waals surface area contributed by atoms with Crippen molar-refractivity contribution in [2.75, 3.05) is 21.3 Å². The minimum Gasteiger partial charge on any atom is -0.493 e. The number of carbonyl (C=O) groups is 1. The molecule has 2 rings (SSSR count). The molecule has 1 heterocycles. The van der Waals surface area contributed by atoms with E-state index in [0.29, 0.717) is 30.2 Å². The van der Waals surface area contributed by atoms with E-state index in [0.717, 1.165) is 11.1 Å². The van der Waals surface area contributed by atoms with Gasteiger partial charge in [-0.1, -0.05) is 0 Å². The molecular weight excluding hydrogens is 222 g/mol. The number of ether oxygens (including phenoxy) is 3. The van der Waals surface area contributed by atoms with Crippen molar-refractivity contribution in [3.8, 4) is 17.2 Å². The van der Waals surface area contributed by atoms with Gasteiger partial charge in [0, 0.05) is 12.1 Å². The average molecular weight is 237 g/mol. The molecule has 5 nitrogen and oxygen atoms in total. The minimum atomic E-state index is 0.00627. The topological polar surface area (TPSA) is 56.8 Å². The number of fused-ring (bicyclic) bond motifs is 1. The second-order valence-corrected chi connectivity index (χ2v) is 3.74. The quantitative estimate of drug-likeness (QED) is 0.848. The molecule has 0 aromatic heterocycles. The van der Waals surface area contributed by atoms with Gasteiger partial charge >= 0.3 is 0 Å². The van der Waals surface area contributed by atoms with E-state index in [1.807, 2.05) is 6.07 Å². The fourth-order valence-corrected chi connectivity index (χ4v) is 2.04. The van der Waals surface area contributed by atoms with Gasteiger partial charge in [-0.15, -0.1) is 0 Å². The van der Waals surface area contributed by atoms with Gasteiger partial charge in [-0.3, -0.25) is 4.79 Å². The standard InChI is InChI=1S/C12H15NO4/c1-15-9-4-7-5-10(14)13-6-8(7)11(16-2)12(9)17-3/h4H,5-6H2,1-3H3,(H,13,14). The fraction of sp³-hybridized carbons (Fsp3) is 0.417. The number of methoxy groups -OCH3 is 3. The SMILES string of the molecule is COc1cc2c(c(OC)c1OC)CNC(=O)C2. The third kappa shape index (κ3) is 1.88. The van der Waals surface area contributed by atoms with Crippen LogP contribution in [0.3, 0.4) is 0 Å². The minimum absolute atomic E-state index is 0.00627. The summed E-state index contributed by atoms with van der Waals surface area (Å²) >= 11 is 0. The van der Waals surface area contributed by atoms with Crippen molar-refractivity contribution in [2.24, 2.45) is 0 Å². The first-order valence-electron chi connectivity index (χ1n) is 5.28. The summed E-state index contributed by atoms with van der Waals surface area (Å²) in [4.78, 5) is 11.4. The molecule has 1 N–H and O–H groups in total. The summed E-state index contributed by atoms with van der Waals surface area (Å²) in [7, 11) is 4.70. The molecule has 0 saturated carbocycles. The molecule has 1 aliphatic rings. The van der Waals surface area contributed by atoms with Crippen LogP contribution in [0.1, 0.15) is 11.1 Å². The normalized spacial score (nSPS) is 13.7. The Kier molecular flexibility index (Phi) is 3.08. The van der Waals surface area contributed by atoms with Crippen LogP contribution in [0.15, 0.2) is 6.07 Å². The van der Waals surface area contributed by atoms with E-state index in [1.54, 1.807) is 21.3 Å². The molecule has 1 aromatic carbocycles. The second-order valence-electron chi connectivity index (χ2n) is 3.74. The number of carbonyl (C=O) groups excluding carboxylic acids is 1. The number of hydrogen-bond donors (Lipinski definition) is 1. The van der Waals surface area contributed by atoms with Crippen LogP contribution in [0.2, 0.25) is 0 Å². The van der Waals surface area contributed by atoms with Crippen LogP contribution in [0.25, 0.3) is 0 Å². The maximum absolute atomic E-state index is 11.4. The zero-order chi connectivity index (χ0) is 12.4. The number of rotatable bonds is 3. The lowest BCUT2D eigenvalue weighted by Crippen LogP contribution is -2.30. The maximum Gasteiger partial charge on any atom is 0.224 e. The summed E-state index contributed by atoms with van der Waals surface area (Å²) in [5, 5.41) is 2.79. The predicted octanol–water partition coefficient (Wildman–Crippen LogP) is 0.885. The first-order valence-corrected chi connectivity index (χ1v) is 5.28. The third-order valence-corrected chi connectivity index (χ3v) is 2.84. The lowest BCUT2D eigenvalue weighted by atomic mass is 9.98. The molecular formula is C12H15NO4. The van der Waals surface area contributed by atoms with Gasteiger partial charge in [-0.25, -0.2) is 0 Å². The fourth-order valence-electron chi connectivity index (χ4n) is 2.04. The highest BCUT2D eigenvalue weighted by Crippen LogP contribution is 2.42. The molecule has 0 saturated heterocycles. The second kappa shape index (κ2) is 4.53. The van der Waals surface area contributed by atoms with Crippen LogP contribution in [0.5, 0.6) is 17.2 Å². The van der Waals surface area contributed by atoms with Crippen molar-refractivity contribution in [3.05, 3.63) is 17.2 Å².